The van der Waals surface area contributed by atoms with Gasteiger partial charge in [0.25, 0.3) is 5.91 Å². The molecule has 0 bridgehead atoms. The standard InChI is InChI=1S/C16H18N2O2/c1-11-3-6-13(7-4-11)18-16(19)10-20-15-9-12(2)5-8-14(15)17/h3-9H,10,17H2,1-2H3,(H,18,19). The van der Waals surface area contributed by atoms with Crippen molar-refractivity contribution < 1.29 is 9.53 Å². The average Bonchev–Trinajstić information content (AvgIpc) is 2.42. The Hall–Kier alpha value is -2.49. The lowest BCUT2D eigenvalue weighted by atomic mass is 10.2. The van der Waals surface area contributed by atoms with E-state index < -0.39 is 0 Å². The highest BCUT2D eigenvalue weighted by Gasteiger charge is 2.06. The lowest BCUT2D eigenvalue weighted by molar-refractivity contribution is -0.118. The highest BCUT2D eigenvalue weighted by atomic mass is 16.5. The van der Waals surface area contributed by atoms with Crippen LogP contribution >= 0.6 is 0 Å². The summed E-state index contributed by atoms with van der Waals surface area (Å²) >= 11 is 0. The predicted octanol–water partition coefficient (Wildman–Crippen LogP) is 2.90. The predicted molar refractivity (Wildman–Crippen MR) is 80.9 cm³/mol. The van der Waals surface area contributed by atoms with Crippen molar-refractivity contribution in [3.05, 3.63) is 53.6 Å². The van der Waals surface area contributed by atoms with Crippen molar-refractivity contribution in [1.82, 2.24) is 0 Å². The summed E-state index contributed by atoms with van der Waals surface area (Å²) in [5.74, 6) is 0.318. The van der Waals surface area contributed by atoms with Crippen molar-refractivity contribution in [2.75, 3.05) is 17.7 Å². The van der Waals surface area contributed by atoms with Gasteiger partial charge >= 0.3 is 0 Å². The minimum absolute atomic E-state index is 0.0679. The summed E-state index contributed by atoms with van der Waals surface area (Å²) in [6.07, 6.45) is 0. The summed E-state index contributed by atoms with van der Waals surface area (Å²) in [5, 5.41) is 2.77. The van der Waals surface area contributed by atoms with Crippen LogP contribution in [-0.4, -0.2) is 12.5 Å². The molecule has 0 fully saturated rings. The largest absolute Gasteiger partial charge is 0.482 e. The number of carbonyl (C=O) groups is 1. The lowest BCUT2D eigenvalue weighted by Gasteiger charge is -2.10. The Morgan fingerprint density at radius 2 is 1.75 bits per heavy atom. The summed E-state index contributed by atoms with van der Waals surface area (Å²) in [5.41, 5.74) is 9.25. The Morgan fingerprint density at radius 1 is 1.10 bits per heavy atom. The summed E-state index contributed by atoms with van der Waals surface area (Å²) in [7, 11) is 0. The van der Waals surface area contributed by atoms with Crippen LogP contribution in [0.4, 0.5) is 11.4 Å². The number of anilines is 2. The van der Waals surface area contributed by atoms with Crippen LogP contribution in [0.2, 0.25) is 0 Å². The maximum absolute atomic E-state index is 11.8. The second-order valence-corrected chi connectivity index (χ2v) is 4.74. The van der Waals surface area contributed by atoms with Gasteiger partial charge in [0, 0.05) is 5.69 Å². The summed E-state index contributed by atoms with van der Waals surface area (Å²) in [6.45, 7) is 3.87. The van der Waals surface area contributed by atoms with E-state index in [0.717, 1.165) is 16.8 Å². The second kappa shape index (κ2) is 6.10. The van der Waals surface area contributed by atoms with Crippen LogP contribution in [0.1, 0.15) is 11.1 Å². The van der Waals surface area contributed by atoms with Crippen LogP contribution in [-0.2, 0) is 4.79 Å². The first-order valence-electron chi connectivity index (χ1n) is 6.40. The van der Waals surface area contributed by atoms with Crippen LogP contribution in [0.25, 0.3) is 0 Å². The Labute approximate surface area is 118 Å². The van der Waals surface area contributed by atoms with Crippen LogP contribution in [0.3, 0.4) is 0 Å². The smallest absolute Gasteiger partial charge is 0.262 e. The van der Waals surface area contributed by atoms with Crippen molar-refractivity contribution in [3.63, 3.8) is 0 Å². The number of benzene rings is 2. The number of carbonyl (C=O) groups excluding carboxylic acids is 1. The number of nitrogen functional groups attached to an aromatic ring is 1. The molecule has 2 rings (SSSR count). The van der Waals surface area contributed by atoms with Crippen LogP contribution in [0.15, 0.2) is 42.5 Å². The minimum Gasteiger partial charge on any atom is -0.482 e. The third-order valence-corrected chi connectivity index (χ3v) is 2.86. The fourth-order valence-corrected chi connectivity index (χ4v) is 1.74. The highest BCUT2D eigenvalue weighted by molar-refractivity contribution is 5.91. The summed E-state index contributed by atoms with van der Waals surface area (Å²) in [4.78, 5) is 11.8. The van der Waals surface area contributed by atoms with E-state index in [2.05, 4.69) is 5.32 Å². The van der Waals surface area contributed by atoms with Crippen molar-refractivity contribution >= 4 is 17.3 Å². The molecule has 4 heteroatoms. The van der Waals surface area contributed by atoms with Gasteiger partial charge in [0.1, 0.15) is 5.75 Å². The van der Waals surface area contributed by atoms with E-state index >= 15 is 0 Å². The maximum Gasteiger partial charge on any atom is 0.262 e. The van der Waals surface area contributed by atoms with Gasteiger partial charge < -0.3 is 15.8 Å². The molecule has 0 radical (unpaired) electrons. The molecule has 0 saturated carbocycles. The van der Waals surface area contributed by atoms with Crippen molar-refractivity contribution in [2.24, 2.45) is 0 Å². The molecular weight excluding hydrogens is 252 g/mol. The van der Waals surface area contributed by atoms with Gasteiger partial charge in [0.15, 0.2) is 6.61 Å². The molecular formula is C16H18N2O2. The van der Waals surface area contributed by atoms with Gasteiger partial charge in [-0.05, 0) is 43.7 Å². The zero-order valence-corrected chi connectivity index (χ0v) is 11.6. The third-order valence-electron chi connectivity index (χ3n) is 2.86. The van der Waals surface area contributed by atoms with E-state index in [4.69, 9.17) is 10.5 Å². The van der Waals surface area contributed by atoms with Gasteiger partial charge in [-0.25, -0.2) is 0 Å². The molecule has 0 aromatic heterocycles. The number of ether oxygens (including phenoxy) is 1. The lowest BCUT2D eigenvalue weighted by Crippen LogP contribution is -2.20. The number of nitrogens with two attached hydrogens (primary N) is 1. The Kier molecular flexibility index (Phi) is 4.25. The van der Waals surface area contributed by atoms with Gasteiger partial charge in [0.05, 0.1) is 5.69 Å². The molecule has 0 aliphatic heterocycles. The Balaban J connectivity index is 1.92. The van der Waals surface area contributed by atoms with Crippen molar-refractivity contribution in [1.29, 1.82) is 0 Å². The SMILES string of the molecule is Cc1ccc(NC(=O)COc2cc(C)ccc2N)cc1. The molecule has 104 valence electrons. The molecule has 4 nitrogen and oxygen atoms in total. The molecule has 1 amide bonds. The van der Waals surface area contributed by atoms with Crippen molar-refractivity contribution in [3.8, 4) is 5.75 Å². The molecule has 0 aliphatic carbocycles. The zero-order chi connectivity index (χ0) is 14.5. The molecule has 2 aromatic carbocycles. The molecule has 0 heterocycles. The highest BCUT2D eigenvalue weighted by Crippen LogP contribution is 2.22. The number of rotatable bonds is 4. The Morgan fingerprint density at radius 3 is 2.45 bits per heavy atom. The first-order chi connectivity index (χ1) is 9.54. The number of amides is 1. The van der Waals surface area contributed by atoms with Gasteiger partial charge in [-0.1, -0.05) is 23.8 Å². The van der Waals surface area contributed by atoms with Gasteiger partial charge in [-0.3, -0.25) is 4.79 Å². The van der Waals surface area contributed by atoms with Gasteiger partial charge in [-0.2, -0.15) is 0 Å². The second-order valence-electron chi connectivity index (χ2n) is 4.74. The van der Waals surface area contributed by atoms with Crippen LogP contribution in [0.5, 0.6) is 5.75 Å². The first-order valence-corrected chi connectivity index (χ1v) is 6.40. The molecule has 0 atom stereocenters. The molecule has 3 N–H and O–H groups in total. The quantitative estimate of drug-likeness (QED) is 0.840. The number of hydrogen-bond donors (Lipinski definition) is 2. The van der Waals surface area contributed by atoms with E-state index in [1.807, 2.05) is 50.2 Å². The summed E-state index contributed by atoms with van der Waals surface area (Å²) < 4.78 is 5.44. The molecule has 0 saturated heterocycles. The van der Waals surface area contributed by atoms with Crippen molar-refractivity contribution in [2.45, 2.75) is 13.8 Å². The normalized spacial score (nSPS) is 10.1. The fraction of sp³-hybridized carbons (Fsp3) is 0.188. The van der Waals surface area contributed by atoms with Gasteiger partial charge in [0.2, 0.25) is 0 Å². The number of aryl methyl sites for hydroxylation is 2. The number of hydrogen-bond acceptors (Lipinski definition) is 3. The minimum atomic E-state index is -0.213. The molecule has 2 aromatic rings. The molecule has 0 spiro atoms. The van der Waals surface area contributed by atoms with E-state index in [1.165, 1.54) is 0 Å². The van der Waals surface area contributed by atoms with E-state index in [1.54, 1.807) is 6.07 Å². The fourth-order valence-electron chi connectivity index (χ4n) is 1.74. The number of nitrogens with one attached hydrogen (secondary N) is 1. The average molecular weight is 270 g/mol. The molecule has 20 heavy (non-hydrogen) atoms. The van der Waals surface area contributed by atoms with Crippen LogP contribution < -0.4 is 15.8 Å². The molecule has 0 aliphatic rings. The topological polar surface area (TPSA) is 64.3 Å². The first kappa shape index (κ1) is 13.9. The van der Waals surface area contributed by atoms with Gasteiger partial charge in [-0.15, -0.1) is 0 Å². The van der Waals surface area contributed by atoms with E-state index in [9.17, 15) is 4.79 Å². The monoisotopic (exact) mass is 270 g/mol. The van der Waals surface area contributed by atoms with E-state index in [-0.39, 0.29) is 12.5 Å². The molecule has 0 unspecified atom stereocenters. The maximum atomic E-state index is 11.8. The van der Waals surface area contributed by atoms with Crippen LogP contribution in [0, 0.1) is 13.8 Å². The zero-order valence-electron chi connectivity index (χ0n) is 11.6. The van der Waals surface area contributed by atoms with E-state index in [0.29, 0.717) is 11.4 Å². The summed E-state index contributed by atoms with van der Waals surface area (Å²) in [6, 6.07) is 13.1. The third kappa shape index (κ3) is 3.75. The Bertz CT molecular complexity index is 606.